The summed E-state index contributed by atoms with van der Waals surface area (Å²) in [7, 11) is 1.67. The number of benzene rings is 1. The Morgan fingerprint density at radius 2 is 2.00 bits per heavy atom. The summed E-state index contributed by atoms with van der Waals surface area (Å²) in [6, 6.07) is 7.94. The summed E-state index contributed by atoms with van der Waals surface area (Å²) < 4.78 is 7.21. The topological polar surface area (TPSA) is 56.1 Å². The Morgan fingerprint density at radius 3 is 2.79 bits per heavy atom. The number of aromatic nitrogens is 4. The predicted molar refractivity (Wildman–Crippen MR) is 92.5 cm³/mol. The van der Waals surface area contributed by atoms with E-state index in [4.69, 9.17) is 4.74 Å². The number of hydrogen-bond donors (Lipinski definition) is 0. The molecule has 0 radical (unpaired) electrons. The van der Waals surface area contributed by atoms with Crippen molar-refractivity contribution in [2.24, 2.45) is 0 Å². The highest BCUT2D eigenvalue weighted by Crippen LogP contribution is 2.26. The van der Waals surface area contributed by atoms with E-state index in [1.165, 1.54) is 12.8 Å². The van der Waals surface area contributed by atoms with Crippen molar-refractivity contribution in [3.05, 3.63) is 41.9 Å². The maximum absolute atomic E-state index is 5.36. The molecule has 4 rings (SSSR count). The Labute approximate surface area is 141 Å². The van der Waals surface area contributed by atoms with Crippen molar-refractivity contribution in [3.63, 3.8) is 0 Å². The van der Waals surface area contributed by atoms with Gasteiger partial charge in [0, 0.05) is 17.6 Å². The van der Waals surface area contributed by atoms with Crippen molar-refractivity contribution < 1.29 is 4.74 Å². The second-order valence-corrected chi connectivity index (χ2v) is 6.30. The third-order valence-corrected chi connectivity index (χ3v) is 4.49. The molecule has 1 aliphatic rings. The first kappa shape index (κ1) is 15.1. The maximum Gasteiger partial charge on any atom is 0.119 e. The minimum absolute atomic E-state index is 0.812. The molecule has 0 aliphatic carbocycles. The van der Waals surface area contributed by atoms with Crippen LogP contribution in [-0.4, -0.2) is 45.1 Å². The molecule has 0 amide bonds. The Balaban J connectivity index is 1.73. The lowest BCUT2D eigenvalue weighted by atomic mass is 10.1. The van der Waals surface area contributed by atoms with E-state index in [1.54, 1.807) is 7.11 Å². The number of nitrogens with zero attached hydrogens (tertiary/aromatic N) is 5. The van der Waals surface area contributed by atoms with E-state index in [0.717, 1.165) is 53.4 Å². The van der Waals surface area contributed by atoms with Gasteiger partial charge in [0.25, 0.3) is 0 Å². The van der Waals surface area contributed by atoms with Crippen LogP contribution in [0, 0.1) is 6.92 Å². The number of likely N-dealkylation sites (tertiary alicyclic amines) is 1. The predicted octanol–water partition coefficient (Wildman–Crippen LogP) is 2.73. The minimum Gasteiger partial charge on any atom is -0.497 e. The van der Waals surface area contributed by atoms with Crippen LogP contribution in [0.15, 0.2) is 30.5 Å². The average Bonchev–Trinajstić information content (AvgIpc) is 3.26. The first-order chi connectivity index (χ1) is 11.7. The standard InChI is InChI=1S/C18H21N5O/c1-13-9-18(16-10-15(24-2)5-6-17(16)19-13)23-12-14(20-21-23)11-22-7-3-4-8-22/h5-6,9-10,12H,3-4,7-8,11H2,1-2H3. The molecule has 24 heavy (non-hydrogen) atoms. The van der Waals surface area contributed by atoms with Gasteiger partial charge in [0.1, 0.15) is 5.75 Å². The average molecular weight is 323 g/mol. The van der Waals surface area contributed by atoms with E-state index in [-0.39, 0.29) is 0 Å². The number of rotatable bonds is 4. The first-order valence-corrected chi connectivity index (χ1v) is 8.32. The van der Waals surface area contributed by atoms with Gasteiger partial charge in [0.15, 0.2) is 0 Å². The van der Waals surface area contributed by atoms with Crippen LogP contribution >= 0.6 is 0 Å². The molecule has 2 aromatic heterocycles. The van der Waals surface area contributed by atoms with Crippen LogP contribution in [0.4, 0.5) is 0 Å². The van der Waals surface area contributed by atoms with Crippen LogP contribution < -0.4 is 4.74 Å². The van der Waals surface area contributed by atoms with Gasteiger partial charge < -0.3 is 4.74 Å². The molecule has 0 N–H and O–H groups in total. The van der Waals surface area contributed by atoms with Gasteiger partial charge in [0.05, 0.1) is 30.2 Å². The summed E-state index contributed by atoms with van der Waals surface area (Å²) in [5.74, 6) is 0.812. The molecule has 3 aromatic rings. The summed E-state index contributed by atoms with van der Waals surface area (Å²) >= 11 is 0. The van der Waals surface area contributed by atoms with Gasteiger partial charge in [-0.25, -0.2) is 4.68 Å². The van der Waals surface area contributed by atoms with Crippen LogP contribution in [0.2, 0.25) is 0 Å². The monoisotopic (exact) mass is 323 g/mol. The minimum atomic E-state index is 0.812. The highest BCUT2D eigenvalue weighted by Gasteiger charge is 2.15. The summed E-state index contributed by atoms with van der Waals surface area (Å²) in [4.78, 5) is 7.03. The zero-order valence-corrected chi connectivity index (χ0v) is 14.1. The molecule has 1 aromatic carbocycles. The third-order valence-electron chi connectivity index (χ3n) is 4.49. The van der Waals surface area contributed by atoms with Crippen molar-refractivity contribution in [2.75, 3.05) is 20.2 Å². The van der Waals surface area contributed by atoms with Gasteiger partial charge in [-0.2, -0.15) is 0 Å². The van der Waals surface area contributed by atoms with Gasteiger partial charge in [-0.1, -0.05) is 5.21 Å². The molecule has 1 aliphatic heterocycles. The largest absolute Gasteiger partial charge is 0.497 e. The van der Waals surface area contributed by atoms with E-state index < -0.39 is 0 Å². The van der Waals surface area contributed by atoms with Crippen molar-refractivity contribution in [1.82, 2.24) is 24.9 Å². The van der Waals surface area contributed by atoms with E-state index >= 15 is 0 Å². The molecule has 0 saturated carbocycles. The van der Waals surface area contributed by atoms with Crippen molar-refractivity contribution >= 4 is 10.9 Å². The first-order valence-electron chi connectivity index (χ1n) is 8.32. The fourth-order valence-corrected chi connectivity index (χ4v) is 3.29. The lowest BCUT2D eigenvalue weighted by Crippen LogP contribution is -2.18. The van der Waals surface area contributed by atoms with Gasteiger partial charge in [-0.15, -0.1) is 5.10 Å². The van der Waals surface area contributed by atoms with Crippen LogP contribution in [-0.2, 0) is 6.54 Å². The number of fused-ring (bicyclic) bond motifs is 1. The molecule has 1 fully saturated rings. The second kappa shape index (κ2) is 6.20. The fraction of sp³-hybridized carbons (Fsp3) is 0.389. The van der Waals surface area contributed by atoms with Crippen LogP contribution in [0.3, 0.4) is 0 Å². The molecule has 0 atom stereocenters. The zero-order valence-electron chi connectivity index (χ0n) is 14.1. The van der Waals surface area contributed by atoms with Crippen molar-refractivity contribution in [2.45, 2.75) is 26.3 Å². The summed E-state index contributed by atoms with van der Waals surface area (Å²) in [6.45, 7) is 5.17. The molecule has 6 heteroatoms. The molecule has 6 nitrogen and oxygen atoms in total. The number of aryl methyl sites for hydroxylation is 1. The highest BCUT2D eigenvalue weighted by molar-refractivity contribution is 5.88. The molecule has 1 saturated heterocycles. The van der Waals surface area contributed by atoms with Crippen LogP contribution in [0.25, 0.3) is 16.6 Å². The highest BCUT2D eigenvalue weighted by atomic mass is 16.5. The van der Waals surface area contributed by atoms with E-state index in [2.05, 4.69) is 20.2 Å². The van der Waals surface area contributed by atoms with Gasteiger partial charge in [-0.05, 0) is 57.1 Å². The Hall–Kier alpha value is -2.47. The summed E-state index contributed by atoms with van der Waals surface area (Å²) in [6.07, 6.45) is 4.58. The smallest absolute Gasteiger partial charge is 0.119 e. The molecule has 3 heterocycles. The molecular weight excluding hydrogens is 302 g/mol. The molecular formula is C18H21N5O. The Kier molecular flexibility index (Phi) is 3.90. The van der Waals surface area contributed by atoms with Crippen LogP contribution in [0.5, 0.6) is 5.75 Å². The van der Waals surface area contributed by atoms with Crippen molar-refractivity contribution in [3.8, 4) is 11.4 Å². The van der Waals surface area contributed by atoms with E-state index in [1.807, 2.05) is 42.1 Å². The Morgan fingerprint density at radius 1 is 1.17 bits per heavy atom. The molecule has 0 bridgehead atoms. The lowest BCUT2D eigenvalue weighted by molar-refractivity contribution is 0.327. The quantitative estimate of drug-likeness (QED) is 0.739. The zero-order chi connectivity index (χ0) is 16.5. The summed E-state index contributed by atoms with van der Waals surface area (Å²) in [5.41, 5.74) is 3.88. The third kappa shape index (κ3) is 2.85. The maximum atomic E-state index is 5.36. The van der Waals surface area contributed by atoms with Gasteiger partial charge in [0.2, 0.25) is 0 Å². The number of methoxy groups -OCH3 is 1. The normalized spacial score (nSPS) is 15.2. The van der Waals surface area contributed by atoms with Crippen LogP contribution in [0.1, 0.15) is 24.2 Å². The molecule has 124 valence electrons. The molecule has 0 unspecified atom stereocenters. The number of ether oxygens (including phenoxy) is 1. The van der Waals surface area contributed by atoms with E-state index in [9.17, 15) is 0 Å². The van der Waals surface area contributed by atoms with Gasteiger partial charge in [-0.3, -0.25) is 9.88 Å². The number of hydrogen-bond acceptors (Lipinski definition) is 5. The second-order valence-electron chi connectivity index (χ2n) is 6.30. The lowest BCUT2D eigenvalue weighted by Gasteiger charge is -2.11. The fourth-order valence-electron chi connectivity index (χ4n) is 3.29. The Bertz CT molecular complexity index is 867. The molecule has 0 spiro atoms. The summed E-state index contributed by atoms with van der Waals surface area (Å²) in [5, 5.41) is 9.71. The SMILES string of the molecule is COc1ccc2nc(C)cc(-n3cc(CN4CCCC4)nn3)c2c1. The van der Waals surface area contributed by atoms with E-state index in [0.29, 0.717) is 0 Å². The van der Waals surface area contributed by atoms with Gasteiger partial charge >= 0.3 is 0 Å². The van der Waals surface area contributed by atoms with Crippen molar-refractivity contribution in [1.29, 1.82) is 0 Å². The number of pyridine rings is 1.